The largest absolute Gasteiger partial charge is 0.355 e. The smallest absolute Gasteiger partial charge is 0.224 e. The summed E-state index contributed by atoms with van der Waals surface area (Å²) in [6.07, 6.45) is 0. The standard InChI is InChI=1S/C14H22N2O2S/c1-12(10-15-2)14(17)16-8-9-19(18)11-13-6-4-3-5-7-13/h3-7,12,15H,8-11H2,1-2H3,(H,16,17). The number of nitrogens with one attached hydrogen (secondary N) is 2. The normalized spacial score (nSPS) is 13.8. The van der Waals surface area contributed by atoms with Gasteiger partial charge in [0.2, 0.25) is 5.91 Å². The molecule has 0 aromatic heterocycles. The van der Waals surface area contributed by atoms with E-state index in [2.05, 4.69) is 10.6 Å². The minimum absolute atomic E-state index is 0.00561. The van der Waals surface area contributed by atoms with Gasteiger partial charge in [0.05, 0.1) is 0 Å². The molecule has 1 rings (SSSR count). The molecule has 5 heteroatoms. The average molecular weight is 282 g/mol. The van der Waals surface area contributed by atoms with E-state index in [9.17, 15) is 9.00 Å². The van der Waals surface area contributed by atoms with E-state index in [4.69, 9.17) is 0 Å². The third-order valence-corrected chi connectivity index (χ3v) is 4.07. The molecule has 2 unspecified atom stereocenters. The van der Waals surface area contributed by atoms with Gasteiger partial charge >= 0.3 is 0 Å². The summed E-state index contributed by atoms with van der Waals surface area (Å²) in [6, 6.07) is 9.74. The highest BCUT2D eigenvalue weighted by molar-refractivity contribution is 7.84. The lowest BCUT2D eigenvalue weighted by Gasteiger charge is -2.11. The molecule has 0 fully saturated rings. The van der Waals surface area contributed by atoms with Crippen LogP contribution in [0, 0.1) is 5.92 Å². The first kappa shape index (κ1) is 15.9. The Morgan fingerprint density at radius 1 is 1.32 bits per heavy atom. The molecule has 0 spiro atoms. The van der Waals surface area contributed by atoms with Crippen molar-refractivity contribution in [2.24, 2.45) is 5.92 Å². The maximum Gasteiger partial charge on any atom is 0.224 e. The van der Waals surface area contributed by atoms with Crippen LogP contribution in [0.2, 0.25) is 0 Å². The number of carbonyl (C=O) groups excluding carboxylic acids is 1. The molecule has 1 aromatic rings. The predicted molar refractivity (Wildman–Crippen MR) is 79.3 cm³/mol. The molecule has 0 heterocycles. The average Bonchev–Trinajstić information content (AvgIpc) is 2.40. The second-order valence-corrected chi connectivity index (χ2v) is 6.10. The molecule has 19 heavy (non-hydrogen) atoms. The van der Waals surface area contributed by atoms with Crippen LogP contribution >= 0.6 is 0 Å². The highest BCUT2D eigenvalue weighted by atomic mass is 32.2. The van der Waals surface area contributed by atoms with E-state index >= 15 is 0 Å². The van der Waals surface area contributed by atoms with Gasteiger partial charge in [-0.2, -0.15) is 0 Å². The number of rotatable bonds is 8. The van der Waals surface area contributed by atoms with Crippen molar-refractivity contribution in [1.82, 2.24) is 10.6 Å². The molecule has 0 saturated heterocycles. The molecule has 0 radical (unpaired) electrons. The van der Waals surface area contributed by atoms with Crippen molar-refractivity contribution in [2.45, 2.75) is 12.7 Å². The molecule has 0 bridgehead atoms. The Labute approximate surface area is 117 Å². The van der Waals surface area contributed by atoms with Crippen molar-refractivity contribution in [2.75, 3.05) is 25.9 Å². The SMILES string of the molecule is CNCC(C)C(=O)NCCS(=O)Cc1ccccc1. The molecule has 2 N–H and O–H groups in total. The Hall–Kier alpha value is -1.20. The summed E-state index contributed by atoms with van der Waals surface area (Å²) in [5, 5.41) is 5.77. The van der Waals surface area contributed by atoms with Gasteiger partial charge in [-0.15, -0.1) is 0 Å². The van der Waals surface area contributed by atoms with E-state index in [0.717, 1.165) is 5.56 Å². The Kier molecular flexibility index (Phi) is 7.36. The van der Waals surface area contributed by atoms with Crippen molar-refractivity contribution in [1.29, 1.82) is 0 Å². The van der Waals surface area contributed by atoms with Crippen LogP contribution < -0.4 is 10.6 Å². The van der Waals surface area contributed by atoms with Gasteiger partial charge in [0.25, 0.3) is 0 Å². The second kappa shape index (κ2) is 8.82. The fourth-order valence-electron chi connectivity index (χ4n) is 1.69. The second-order valence-electron chi connectivity index (χ2n) is 4.52. The lowest BCUT2D eigenvalue weighted by atomic mass is 10.1. The third-order valence-electron chi connectivity index (χ3n) is 2.76. The summed E-state index contributed by atoms with van der Waals surface area (Å²) in [4.78, 5) is 11.6. The maximum atomic E-state index is 11.8. The summed E-state index contributed by atoms with van der Waals surface area (Å²) in [7, 11) is 0.883. The highest BCUT2D eigenvalue weighted by Gasteiger charge is 2.11. The molecular formula is C14H22N2O2S. The van der Waals surface area contributed by atoms with Crippen LogP contribution in [-0.4, -0.2) is 36.0 Å². The minimum atomic E-state index is -0.935. The van der Waals surface area contributed by atoms with Gasteiger partial charge in [-0.1, -0.05) is 37.3 Å². The maximum absolute atomic E-state index is 11.8. The minimum Gasteiger partial charge on any atom is -0.355 e. The predicted octanol–water partition coefficient (Wildman–Crippen LogP) is 0.907. The fraction of sp³-hybridized carbons (Fsp3) is 0.500. The Morgan fingerprint density at radius 3 is 2.63 bits per heavy atom. The first-order chi connectivity index (χ1) is 9.13. The number of benzene rings is 1. The van der Waals surface area contributed by atoms with Gasteiger partial charge in [-0.3, -0.25) is 9.00 Å². The Morgan fingerprint density at radius 2 is 2.00 bits per heavy atom. The number of hydrogen-bond donors (Lipinski definition) is 2. The molecule has 2 atom stereocenters. The summed E-state index contributed by atoms with van der Waals surface area (Å²) in [5.74, 6) is 0.981. The monoisotopic (exact) mass is 282 g/mol. The van der Waals surface area contributed by atoms with E-state index in [1.54, 1.807) is 0 Å². The van der Waals surface area contributed by atoms with Crippen LogP contribution in [0.4, 0.5) is 0 Å². The number of amides is 1. The molecule has 106 valence electrons. The van der Waals surface area contributed by atoms with E-state index in [1.165, 1.54) is 0 Å². The Bertz CT molecular complexity index is 409. The zero-order valence-corrected chi connectivity index (χ0v) is 12.3. The Balaban J connectivity index is 2.22. The van der Waals surface area contributed by atoms with E-state index in [-0.39, 0.29) is 11.8 Å². The topological polar surface area (TPSA) is 58.2 Å². The zero-order chi connectivity index (χ0) is 14.1. The van der Waals surface area contributed by atoms with Crippen molar-refractivity contribution in [3.8, 4) is 0 Å². The lowest BCUT2D eigenvalue weighted by Crippen LogP contribution is -2.36. The van der Waals surface area contributed by atoms with Gasteiger partial charge in [-0.05, 0) is 12.6 Å². The van der Waals surface area contributed by atoms with Crippen molar-refractivity contribution >= 4 is 16.7 Å². The molecular weight excluding hydrogens is 260 g/mol. The summed E-state index contributed by atoms with van der Waals surface area (Å²) in [6.45, 7) is 2.98. The van der Waals surface area contributed by atoms with Gasteiger partial charge in [0.1, 0.15) is 0 Å². The van der Waals surface area contributed by atoms with Crippen LogP contribution in [0.3, 0.4) is 0 Å². The summed E-state index contributed by atoms with van der Waals surface area (Å²) in [5.41, 5.74) is 1.07. The van der Waals surface area contributed by atoms with Gasteiger partial charge < -0.3 is 10.6 Å². The fourth-order valence-corrected chi connectivity index (χ4v) is 2.73. The van der Waals surface area contributed by atoms with Crippen molar-refractivity contribution < 1.29 is 9.00 Å². The van der Waals surface area contributed by atoms with Crippen LogP contribution in [-0.2, 0) is 21.3 Å². The molecule has 1 amide bonds. The van der Waals surface area contributed by atoms with E-state index < -0.39 is 10.8 Å². The lowest BCUT2D eigenvalue weighted by molar-refractivity contribution is -0.124. The first-order valence-corrected chi connectivity index (χ1v) is 7.93. The zero-order valence-electron chi connectivity index (χ0n) is 11.5. The van der Waals surface area contributed by atoms with Crippen LogP contribution in [0.15, 0.2) is 30.3 Å². The van der Waals surface area contributed by atoms with E-state index in [1.807, 2.05) is 44.3 Å². The third kappa shape index (κ3) is 6.50. The number of carbonyl (C=O) groups is 1. The summed E-state index contributed by atoms with van der Waals surface area (Å²) < 4.78 is 11.8. The summed E-state index contributed by atoms with van der Waals surface area (Å²) >= 11 is 0. The van der Waals surface area contributed by atoms with Gasteiger partial charge in [0.15, 0.2) is 0 Å². The molecule has 4 nitrogen and oxygen atoms in total. The molecule has 1 aromatic carbocycles. The molecule has 0 saturated carbocycles. The van der Waals surface area contributed by atoms with Gasteiger partial charge in [-0.25, -0.2) is 0 Å². The van der Waals surface area contributed by atoms with Crippen LogP contribution in [0.1, 0.15) is 12.5 Å². The number of hydrogen-bond acceptors (Lipinski definition) is 3. The molecule has 0 aliphatic heterocycles. The quantitative estimate of drug-likeness (QED) is 0.745. The first-order valence-electron chi connectivity index (χ1n) is 6.44. The van der Waals surface area contributed by atoms with Gasteiger partial charge in [0, 0.05) is 41.3 Å². The van der Waals surface area contributed by atoms with Crippen LogP contribution in [0.25, 0.3) is 0 Å². The highest BCUT2D eigenvalue weighted by Crippen LogP contribution is 2.02. The molecule has 0 aliphatic rings. The van der Waals surface area contributed by atoms with Crippen LogP contribution in [0.5, 0.6) is 0 Å². The van der Waals surface area contributed by atoms with Crippen molar-refractivity contribution in [3.05, 3.63) is 35.9 Å². The van der Waals surface area contributed by atoms with Crippen molar-refractivity contribution in [3.63, 3.8) is 0 Å². The van der Waals surface area contributed by atoms with E-state index in [0.29, 0.717) is 24.6 Å². The molecule has 0 aliphatic carbocycles.